The number of amides is 3. The summed E-state index contributed by atoms with van der Waals surface area (Å²) < 4.78 is 0. The van der Waals surface area contributed by atoms with Gasteiger partial charge in [-0.1, -0.05) is 60.0 Å². The fraction of sp³-hybridized carbons (Fsp3) is 0.370. The predicted molar refractivity (Wildman–Crippen MR) is 139 cm³/mol. The Morgan fingerprint density at radius 2 is 1.86 bits per heavy atom. The molecule has 0 radical (unpaired) electrons. The lowest BCUT2D eigenvalue weighted by molar-refractivity contribution is -0.178. The minimum atomic E-state index is -0.972. The maximum absolute atomic E-state index is 13.6. The van der Waals surface area contributed by atoms with Gasteiger partial charge in [0.2, 0.25) is 5.91 Å². The van der Waals surface area contributed by atoms with Gasteiger partial charge in [0.05, 0.1) is 19.1 Å². The second-order valence-electron chi connectivity index (χ2n) is 9.10. The van der Waals surface area contributed by atoms with Crippen molar-refractivity contribution in [3.05, 3.63) is 70.7 Å². The molecule has 2 aromatic carbocycles. The molecule has 37 heavy (non-hydrogen) atoms. The Labute approximate surface area is 221 Å². The van der Waals surface area contributed by atoms with Crippen LogP contribution >= 0.6 is 11.6 Å². The molecule has 2 saturated heterocycles. The number of benzene rings is 2. The molecule has 2 fully saturated rings. The van der Waals surface area contributed by atoms with Crippen LogP contribution in [0.5, 0.6) is 0 Å². The summed E-state index contributed by atoms with van der Waals surface area (Å²) in [6.07, 6.45) is 5.11. The van der Waals surface area contributed by atoms with Gasteiger partial charge in [0, 0.05) is 37.6 Å². The number of aliphatic carboxylic acids is 1. The molecule has 0 bridgehead atoms. The molecule has 10 heteroatoms. The average Bonchev–Trinajstić information content (AvgIpc) is 2.88. The maximum atomic E-state index is 13.6. The largest absolute Gasteiger partial charge is 0.481 e. The first kappa shape index (κ1) is 26.5. The quantitative estimate of drug-likeness (QED) is 0.516. The summed E-state index contributed by atoms with van der Waals surface area (Å²) in [5, 5.41) is 16.3. The topological polar surface area (TPSA) is 96.4 Å². The molecule has 4 rings (SSSR count). The van der Waals surface area contributed by atoms with Gasteiger partial charge >= 0.3 is 12.0 Å². The first-order valence-corrected chi connectivity index (χ1v) is 12.5. The molecule has 0 unspecified atom stereocenters. The summed E-state index contributed by atoms with van der Waals surface area (Å²) in [6.45, 7) is 2.02. The SMILES string of the molecule is C#CCN1CCN2[C@@H](CCC(=O)O)C(=O)N(Cc3cccc(Cl)c3)C[C@@H]2N1C(=O)NCc1ccccc1. The number of carbonyl (C=O) groups excluding carboxylic acids is 2. The number of fused-ring (bicyclic) bond motifs is 1. The third kappa shape index (κ3) is 6.41. The third-order valence-corrected chi connectivity index (χ3v) is 6.86. The second kappa shape index (κ2) is 12.1. The van der Waals surface area contributed by atoms with Crippen molar-refractivity contribution >= 4 is 29.5 Å². The van der Waals surface area contributed by atoms with Gasteiger partial charge in [-0.25, -0.2) is 14.8 Å². The van der Waals surface area contributed by atoms with E-state index >= 15 is 0 Å². The van der Waals surface area contributed by atoms with Crippen LogP contribution in [0.1, 0.15) is 24.0 Å². The lowest BCUT2D eigenvalue weighted by Gasteiger charge is -2.55. The highest BCUT2D eigenvalue weighted by Crippen LogP contribution is 2.29. The lowest BCUT2D eigenvalue weighted by Crippen LogP contribution is -2.74. The number of nitrogens with one attached hydrogen (secondary N) is 1. The maximum Gasteiger partial charge on any atom is 0.333 e. The van der Waals surface area contributed by atoms with E-state index in [1.165, 1.54) is 0 Å². The van der Waals surface area contributed by atoms with Gasteiger partial charge in [0.15, 0.2) is 0 Å². The fourth-order valence-electron chi connectivity index (χ4n) is 4.93. The standard InChI is InChI=1S/C27H30ClN5O4/c1-2-13-31-14-15-32-23(11-12-25(34)35)26(36)30(18-21-9-6-10-22(28)16-21)19-24(32)33(31)27(37)29-17-20-7-4-3-5-8-20/h1,3-10,16,23-24H,11-15,17-19H2,(H,29,37)(H,34,35)/t23-,24-/m0/s1. The molecule has 2 heterocycles. The van der Waals surface area contributed by atoms with Crippen molar-refractivity contribution in [1.82, 2.24) is 25.1 Å². The minimum Gasteiger partial charge on any atom is -0.481 e. The highest BCUT2D eigenvalue weighted by Gasteiger charge is 2.48. The van der Waals surface area contributed by atoms with Crippen molar-refractivity contribution in [3.8, 4) is 12.3 Å². The van der Waals surface area contributed by atoms with Crippen LogP contribution in [0.25, 0.3) is 0 Å². The normalized spacial score (nSPS) is 20.3. The molecule has 0 aliphatic carbocycles. The molecule has 0 spiro atoms. The molecule has 9 nitrogen and oxygen atoms in total. The predicted octanol–water partition coefficient (Wildman–Crippen LogP) is 2.62. The molecule has 2 aromatic rings. The van der Waals surface area contributed by atoms with Crippen LogP contribution in [-0.2, 0) is 22.7 Å². The molecule has 2 aliphatic rings. The Kier molecular flexibility index (Phi) is 8.66. The minimum absolute atomic E-state index is 0.144. The number of carboxylic acid groups (broad SMARTS) is 1. The van der Waals surface area contributed by atoms with E-state index in [0.29, 0.717) is 31.2 Å². The smallest absolute Gasteiger partial charge is 0.333 e. The van der Waals surface area contributed by atoms with Crippen molar-refractivity contribution in [3.63, 3.8) is 0 Å². The Balaban J connectivity index is 1.62. The number of hydrogen-bond donors (Lipinski definition) is 2. The summed E-state index contributed by atoms with van der Waals surface area (Å²) >= 11 is 6.16. The van der Waals surface area contributed by atoms with Crippen molar-refractivity contribution in [2.45, 2.75) is 38.1 Å². The van der Waals surface area contributed by atoms with Crippen LogP contribution < -0.4 is 5.32 Å². The van der Waals surface area contributed by atoms with Crippen molar-refractivity contribution in [1.29, 1.82) is 0 Å². The zero-order valence-corrected chi connectivity index (χ0v) is 21.2. The van der Waals surface area contributed by atoms with Gasteiger partial charge in [0.25, 0.3) is 0 Å². The molecule has 2 N–H and O–H groups in total. The second-order valence-corrected chi connectivity index (χ2v) is 9.53. The van der Waals surface area contributed by atoms with E-state index < -0.39 is 18.2 Å². The van der Waals surface area contributed by atoms with Gasteiger partial charge in [-0.15, -0.1) is 6.42 Å². The van der Waals surface area contributed by atoms with Crippen LogP contribution in [0.15, 0.2) is 54.6 Å². The first-order valence-electron chi connectivity index (χ1n) is 12.2. The molecule has 2 aliphatic heterocycles. The van der Waals surface area contributed by atoms with E-state index in [-0.39, 0.29) is 37.9 Å². The number of hydrazine groups is 1. The number of nitrogens with zero attached hydrogens (tertiary/aromatic N) is 4. The number of carbonyl (C=O) groups is 3. The monoisotopic (exact) mass is 523 g/mol. The Morgan fingerprint density at radius 1 is 1.11 bits per heavy atom. The number of carboxylic acids is 1. The van der Waals surface area contributed by atoms with Crippen molar-refractivity contribution < 1.29 is 19.5 Å². The van der Waals surface area contributed by atoms with E-state index in [4.69, 9.17) is 18.0 Å². The van der Waals surface area contributed by atoms with E-state index in [0.717, 1.165) is 11.1 Å². The number of terminal acetylenes is 1. The number of piperazine rings is 1. The van der Waals surface area contributed by atoms with Crippen LogP contribution in [-0.4, -0.2) is 81.2 Å². The van der Waals surface area contributed by atoms with Crippen LogP contribution in [0.3, 0.4) is 0 Å². The van der Waals surface area contributed by atoms with Crippen LogP contribution in [0.2, 0.25) is 5.02 Å². The van der Waals surface area contributed by atoms with Crippen molar-refractivity contribution in [2.75, 3.05) is 26.2 Å². The summed E-state index contributed by atoms with van der Waals surface area (Å²) in [5.74, 6) is 1.49. The van der Waals surface area contributed by atoms with E-state index in [1.807, 2.05) is 52.4 Å². The zero-order valence-electron chi connectivity index (χ0n) is 20.4. The summed E-state index contributed by atoms with van der Waals surface area (Å²) in [5.41, 5.74) is 1.80. The van der Waals surface area contributed by atoms with Gasteiger partial charge in [-0.2, -0.15) is 0 Å². The Morgan fingerprint density at radius 3 is 2.57 bits per heavy atom. The number of rotatable bonds is 8. The van der Waals surface area contributed by atoms with Gasteiger partial charge in [-0.3, -0.25) is 14.5 Å². The van der Waals surface area contributed by atoms with Crippen LogP contribution in [0, 0.1) is 12.3 Å². The zero-order chi connectivity index (χ0) is 26.4. The molecule has 3 amide bonds. The van der Waals surface area contributed by atoms with E-state index in [1.54, 1.807) is 22.0 Å². The molecule has 0 aromatic heterocycles. The number of hydrogen-bond acceptors (Lipinski definition) is 5. The molecule has 2 atom stereocenters. The Hall–Kier alpha value is -3.58. The van der Waals surface area contributed by atoms with Crippen LogP contribution in [0.4, 0.5) is 4.79 Å². The first-order chi connectivity index (χ1) is 17.9. The molecular formula is C27H30ClN5O4. The molecule has 0 saturated carbocycles. The summed E-state index contributed by atoms with van der Waals surface area (Å²) in [6, 6.07) is 15.8. The van der Waals surface area contributed by atoms with E-state index in [2.05, 4.69) is 11.2 Å². The highest BCUT2D eigenvalue weighted by atomic mass is 35.5. The highest BCUT2D eigenvalue weighted by molar-refractivity contribution is 6.30. The van der Waals surface area contributed by atoms with Gasteiger partial charge in [-0.05, 0) is 29.7 Å². The Bertz CT molecular complexity index is 1170. The summed E-state index contributed by atoms with van der Waals surface area (Å²) in [7, 11) is 0. The number of halogens is 1. The average molecular weight is 524 g/mol. The van der Waals surface area contributed by atoms with Gasteiger partial charge < -0.3 is 15.3 Å². The molecule has 194 valence electrons. The molecular weight excluding hydrogens is 494 g/mol. The third-order valence-electron chi connectivity index (χ3n) is 6.63. The number of urea groups is 1. The van der Waals surface area contributed by atoms with Gasteiger partial charge in [0.1, 0.15) is 6.17 Å². The summed E-state index contributed by atoms with van der Waals surface area (Å²) in [4.78, 5) is 42.1. The lowest BCUT2D eigenvalue weighted by atomic mass is 10.0. The van der Waals surface area contributed by atoms with Crippen molar-refractivity contribution in [2.24, 2.45) is 0 Å². The fourth-order valence-corrected chi connectivity index (χ4v) is 5.14. The van der Waals surface area contributed by atoms with E-state index in [9.17, 15) is 19.5 Å².